The standard InChI is InChI=1S/C30H37N3O7/c34-14-17-40-24-10-8-21(9-11-24)4-3-5-22(19-28(35)36)29(37)32-26-18-23-20-33(27-7-2-1-6-25(23)27)13-16-39-15-12-31-30(26)38/h1-2,6-11,20,22,26,34H,3-5,12-19H2,(H,31,38)(H,32,37)(H,35,36)/t22-,26+/m1/s1. The number of aliphatic hydroxyl groups is 1. The van der Waals surface area contributed by atoms with Crippen LogP contribution in [0.5, 0.6) is 5.75 Å². The van der Waals surface area contributed by atoms with Crippen LogP contribution in [0.2, 0.25) is 0 Å². The first-order valence-corrected chi connectivity index (χ1v) is 13.7. The molecule has 10 nitrogen and oxygen atoms in total. The number of hydrogen-bond donors (Lipinski definition) is 4. The molecule has 0 fully saturated rings. The Morgan fingerprint density at radius 1 is 1.15 bits per heavy atom. The first-order valence-electron chi connectivity index (χ1n) is 13.7. The van der Waals surface area contributed by atoms with Gasteiger partial charge in [0.05, 0.1) is 26.2 Å². The molecule has 0 aliphatic carbocycles. The highest BCUT2D eigenvalue weighted by Gasteiger charge is 2.28. The van der Waals surface area contributed by atoms with Gasteiger partial charge in [-0.15, -0.1) is 0 Å². The average molecular weight is 552 g/mol. The normalized spacial score (nSPS) is 16.8. The van der Waals surface area contributed by atoms with Crippen molar-refractivity contribution in [2.75, 3.05) is 33.0 Å². The van der Waals surface area contributed by atoms with E-state index in [1.54, 1.807) is 0 Å². The van der Waals surface area contributed by atoms with Crippen molar-refractivity contribution in [3.63, 3.8) is 0 Å². The van der Waals surface area contributed by atoms with Crippen molar-refractivity contribution >= 4 is 28.7 Å². The maximum atomic E-state index is 13.4. The van der Waals surface area contributed by atoms with Crippen LogP contribution in [0.4, 0.5) is 0 Å². The van der Waals surface area contributed by atoms with Gasteiger partial charge in [-0.3, -0.25) is 14.4 Å². The van der Waals surface area contributed by atoms with Gasteiger partial charge in [0.25, 0.3) is 0 Å². The number of aliphatic hydroxyl groups excluding tert-OH is 1. The summed E-state index contributed by atoms with van der Waals surface area (Å²) in [4.78, 5) is 38.1. The first kappa shape index (κ1) is 29.1. The van der Waals surface area contributed by atoms with E-state index in [4.69, 9.17) is 14.6 Å². The number of benzene rings is 2. The summed E-state index contributed by atoms with van der Waals surface area (Å²) < 4.78 is 13.1. The van der Waals surface area contributed by atoms with Gasteiger partial charge in [-0.05, 0) is 48.6 Å². The van der Waals surface area contributed by atoms with Crippen LogP contribution in [-0.4, -0.2) is 71.6 Å². The molecule has 0 unspecified atom stereocenters. The van der Waals surface area contributed by atoms with Gasteiger partial charge in [0.1, 0.15) is 18.4 Å². The van der Waals surface area contributed by atoms with Gasteiger partial charge in [-0.25, -0.2) is 0 Å². The van der Waals surface area contributed by atoms with Gasteiger partial charge in [0.15, 0.2) is 0 Å². The zero-order valence-electron chi connectivity index (χ0n) is 22.5. The minimum atomic E-state index is -1.06. The number of nitrogens with zero attached hydrogens (tertiary/aromatic N) is 1. The molecular weight excluding hydrogens is 514 g/mol. The molecule has 2 heterocycles. The molecule has 4 N–H and O–H groups in total. The zero-order valence-corrected chi connectivity index (χ0v) is 22.5. The molecule has 40 heavy (non-hydrogen) atoms. The Morgan fingerprint density at radius 3 is 2.73 bits per heavy atom. The number of fused-ring (bicyclic) bond motifs is 5. The van der Waals surface area contributed by atoms with E-state index in [9.17, 15) is 19.5 Å². The van der Waals surface area contributed by atoms with Gasteiger partial charge in [0.2, 0.25) is 11.8 Å². The fraction of sp³-hybridized carbons (Fsp3) is 0.433. The molecule has 1 aromatic heterocycles. The number of carbonyl (C=O) groups is 3. The van der Waals surface area contributed by atoms with E-state index in [2.05, 4.69) is 15.2 Å². The average Bonchev–Trinajstić information content (AvgIpc) is 3.30. The highest BCUT2D eigenvalue weighted by Crippen LogP contribution is 2.24. The van der Waals surface area contributed by atoms with E-state index in [-0.39, 0.29) is 32.0 Å². The molecule has 1 aliphatic rings. The topological polar surface area (TPSA) is 139 Å². The molecule has 0 saturated heterocycles. The lowest BCUT2D eigenvalue weighted by Gasteiger charge is -2.22. The second-order valence-corrected chi connectivity index (χ2v) is 9.94. The minimum absolute atomic E-state index is 0.0605. The molecule has 2 atom stereocenters. The molecule has 0 spiro atoms. The molecule has 10 heteroatoms. The van der Waals surface area contributed by atoms with E-state index in [0.717, 1.165) is 22.0 Å². The molecule has 4 rings (SSSR count). The van der Waals surface area contributed by atoms with Gasteiger partial charge in [-0.1, -0.05) is 30.3 Å². The number of amides is 2. The van der Waals surface area contributed by atoms with Gasteiger partial charge in [0, 0.05) is 42.5 Å². The first-order chi connectivity index (χ1) is 19.4. The molecule has 0 saturated carbocycles. The monoisotopic (exact) mass is 551 g/mol. The van der Waals surface area contributed by atoms with E-state index in [1.807, 2.05) is 54.7 Å². The number of nitrogens with one attached hydrogen (secondary N) is 2. The number of carboxylic acid groups (broad SMARTS) is 1. The fourth-order valence-corrected chi connectivity index (χ4v) is 5.03. The van der Waals surface area contributed by atoms with E-state index in [1.165, 1.54) is 0 Å². The van der Waals surface area contributed by atoms with Crippen molar-refractivity contribution in [2.45, 2.75) is 44.7 Å². The van der Waals surface area contributed by atoms with Crippen molar-refractivity contribution < 1.29 is 34.1 Å². The van der Waals surface area contributed by atoms with Crippen LogP contribution in [0.1, 0.15) is 30.4 Å². The number of rotatable bonds is 11. The molecule has 1 aliphatic heterocycles. The van der Waals surface area contributed by atoms with E-state index in [0.29, 0.717) is 51.3 Å². The number of aliphatic carboxylic acids is 1. The third-order valence-corrected chi connectivity index (χ3v) is 7.04. The van der Waals surface area contributed by atoms with Crippen molar-refractivity contribution in [2.24, 2.45) is 5.92 Å². The Hall–Kier alpha value is -3.89. The molecule has 2 aromatic carbocycles. The Kier molecular flexibility index (Phi) is 10.5. The third-order valence-electron chi connectivity index (χ3n) is 7.04. The van der Waals surface area contributed by atoms with Crippen LogP contribution in [0, 0.1) is 5.92 Å². The number of ether oxygens (including phenoxy) is 2. The second kappa shape index (κ2) is 14.5. The van der Waals surface area contributed by atoms with E-state index >= 15 is 0 Å². The fourth-order valence-electron chi connectivity index (χ4n) is 5.03. The van der Waals surface area contributed by atoms with Gasteiger partial charge in [-0.2, -0.15) is 0 Å². The molecule has 3 aromatic rings. The maximum absolute atomic E-state index is 13.4. The zero-order chi connectivity index (χ0) is 28.3. The molecule has 2 amide bonds. The van der Waals surface area contributed by atoms with Crippen LogP contribution < -0.4 is 15.4 Å². The Balaban J connectivity index is 1.44. The summed E-state index contributed by atoms with van der Waals surface area (Å²) >= 11 is 0. The largest absolute Gasteiger partial charge is 0.491 e. The number of para-hydroxylation sites is 1. The Morgan fingerprint density at radius 2 is 1.95 bits per heavy atom. The molecule has 2 bridgehead atoms. The summed E-state index contributed by atoms with van der Waals surface area (Å²) in [6.45, 7) is 2.03. The summed E-state index contributed by atoms with van der Waals surface area (Å²) in [6, 6.07) is 14.5. The van der Waals surface area contributed by atoms with Crippen LogP contribution in [0.25, 0.3) is 10.9 Å². The van der Waals surface area contributed by atoms with Gasteiger partial charge >= 0.3 is 5.97 Å². The molecule has 0 radical (unpaired) electrons. The number of aryl methyl sites for hydroxylation is 1. The summed E-state index contributed by atoms with van der Waals surface area (Å²) in [7, 11) is 0. The molecule has 214 valence electrons. The number of carboxylic acids is 1. The lowest BCUT2D eigenvalue weighted by atomic mass is 9.94. The smallest absolute Gasteiger partial charge is 0.304 e. The summed E-state index contributed by atoms with van der Waals surface area (Å²) in [5, 5.41) is 25.1. The summed E-state index contributed by atoms with van der Waals surface area (Å²) in [6.07, 6.45) is 3.59. The van der Waals surface area contributed by atoms with Crippen LogP contribution in [0.15, 0.2) is 54.7 Å². The highest BCUT2D eigenvalue weighted by atomic mass is 16.5. The maximum Gasteiger partial charge on any atom is 0.304 e. The highest BCUT2D eigenvalue weighted by molar-refractivity contribution is 5.91. The number of aromatic nitrogens is 1. The Bertz CT molecular complexity index is 1290. The SMILES string of the molecule is O=C(O)C[C@@H](CCCc1ccc(OCCO)cc1)C(=O)N[C@H]1Cc2cn(c3ccccc23)CCOCCNC1=O. The van der Waals surface area contributed by atoms with Crippen LogP contribution in [0.3, 0.4) is 0 Å². The summed E-state index contributed by atoms with van der Waals surface area (Å²) in [5.41, 5.74) is 2.99. The lowest BCUT2D eigenvalue weighted by molar-refractivity contribution is -0.141. The third kappa shape index (κ3) is 8.06. The quantitative estimate of drug-likeness (QED) is 0.287. The second-order valence-electron chi connectivity index (χ2n) is 9.94. The molecular formula is C30H37N3O7. The van der Waals surface area contributed by atoms with Crippen molar-refractivity contribution in [3.8, 4) is 5.75 Å². The van der Waals surface area contributed by atoms with Crippen LogP contribution >= 0.6 is 0 Å². The predicted octanol–water partition coefficient (Wildman–Crippen LogP) is 2.30. The van der Waals surface area contributed by atoms with Crippen molar-refractivity contribution in [1.82, 2.24) is 15.2 Å². The van der Waals surface area contributed by atoms with Gasteiger partial charge < -0.3 is 34.9 Å². The summed E-state index contributed by atoms with van der Waals surface area (Å²) in [5.74, 6) is -1.95. The predicted molar refractivity (Wildman–Crippen MR) is 149 cm³/mol. The number of hydrogen-bond acceptors (Lipinski definition) is 6. The Labute approximate surface area is 233 Å². The minimum Gasteiger partial charge on any atom is -0.491 e. The van der Waals surface area contributed by atoms with Crippen molar-refractivity contribution in [1.29, 1.82) is 0 Å². The lowest BCUT2D eigenvalue weighted by Crippen LogP contribution is -2.50. The van der Waals surface area contributed by atoms with Crippen LogP contribution in [-0.2, 0) is 38.5 Å². The number of carbonyl (C=O) groups excluding carboxylic acids is 2. The van der Waals surface area contributed by atoms with Crippen molar-refractivity contribution in [3.05, 3.63) is 65.9 Å². The van der Waals surface area contributed by atoms with E-state index < -0.39 is 23.8 Å².